The molecule has 0 fully saturated rings. The average Bonchev–Trinajstić information content (AvgIpc) is 2.78. The van der Waals surface area contributed by atoms with Crippen molar-refractivity contribution in [2.45, 2.75) is 12.8 Å². The monoisotopic (exact) mass is 267 g/mol. The molecule has 0 aliphatic rings. The lowest BCUT2D eigenvalue weighted by Crippen LogP contribution is -2.13. The van der Waals surface area contributed by atoms with Gasteiger partial charge in [-0.05, 0) is 31.3 Å². The Bertz CT molecular complexity index is 536. The molecule has 1 atom stereocenters. The summed E-state index contributed by atoms with van der Waals surface area (Å²) in [6, 6.07) is 7.59. The van der Waals surface area contributed by atoms with Gasteiger partial charge in [0.15, 0.2) is 0 Å². The van der Waals surface area contributed by atoms with Crippen molar-refractivity contribution in [1.82, 2.24) is 5.32 Å². The van der Waals surface area contributed by atoms with Gasteiger partial charge in [0.2, 0.25) is 0 Å². The molecule has 1 aromatic carbocycles. The number of nitrogens with one attached hydrogen (secondary N) is 1. The molecule has 0 amide bonds. The van der Waals surface area contributed by atoms with Gasteiger partial charge in [0.1, 0.15) is 11.6 Å². The molecule has 0 saturated heterocycles. The fourth-order valence-electron chi connectivity index (χ4n) is 1.86. The normalized spacial score (nSPS) is 12.7. The number of hydrogen-bond acceptors (Lipinski definition) is 2. The minimum absolute atomic E-state index is 0.386. The molecule has 0 bridgehead atoms. The lowest BCUT2D eigenvalue weighted by atomic mass is 10.1. The average molecular weight is 267 g/mol. The molecule has 0 saturated carbocycles. The minimum atomic E-state index is -0.545. The van der Waals surface area contributed by atoms with E-state index in [1.54, 1.807) is 11.3 Å². The van der Waals surface area contributed by atoms with Crippen LogP contribution in [-0.4, -0.2) is 13.6 Å². The molecule has 1 N–H and O–H groups in total. The highest BCUT2D eigenvalue weighted by molar-refractivity contribution is 7.15. The van der Waals surface area contributed by atoms with Gasteiger partial charge in [-0.25, -0.2) is 8.78 Å². The van der Waals surface area contributed by atoms with E-state index >= 15 is 0 Å². The van der Waals surface area contributed by atoms with Crippen molar-refractivity contribution in [2.75, 3.05) is 13.6 Å². The van der Waals surface area contributed by atoms with Crippen LogP contribution in [0.3, 0.4) is 0 Å². The lowest BCUT2D eigenvalue weighted by molar-refractivity contribution is 0.586. The molecule has 2 aromatic rings. The number of thiophene rings is 1. The predicted octanol–water partition coefficient (Wildman–Crippen LogP) is 4.02. The standard InChI is InChI=1S/C14H15F2NS/c1-9(8-17-2)13-5-6-14(18-13)11-4-3-10(15)7-12(11)16/h3-7,9,17H,8H2,1-2H3. The summed E-state index contributed by atoms with van der Waals surface area (Å²) in [4.78, 5) is 2.04. The quantitative estimate of drug-likeness (QED) is 0.882. The highest BCUT2D eigenvalue weighted by Crippen LogP contribution is 2.33. The number of halogens is 2. The first kappa shape index (κ1) is 13.2. The summed E-state index contributed by atoms with van der Waals surface area (Å²) in [6.07, 6.45) is 0. The maximum absolute atomic E-state index is 13.6. The van der Waals surface area contributed by atoms with Gasteiger partial charge >= 0.3 is 0 Å². The molecular weight excluding hydrogens is 252 g/mol. The molecule has 96 valence electrons. The largest absolute Gasteiger partial charge is 0.319 e. The third-order valence-corrected chi connectivity index (χ3v) is 4.17. The van der Waals surface area contributed by atoms with E-state index in [2.05, 4.69) is 12.2 Å². The van der Waals surface area contributed by atoms with Crippen molar-refractivity contribution < 1.29 is 8.78 Å². The van der Waals surface area contributed by atoms with Crippen molar-refractivity contribution >= 4 is 11.3 Å². The van der Waals surface area contributed by atoms with Crippen LogP contribution in [0.1, 0.15) is 17.7 Å². The first-order valence-corrected chi connectivity index (χ1v) is 6.63. The van der Waals surface area contributed by atoms with E-state index in [0.29, 0.717) is 11.5 Å². The molecule has 2 rings (SSSR count). The molecule has 18 heavy (non-hydrogen) atoms. The van der Waals surface area contributed by atoms with Crippen LogP contribution in [0, 0.1) is 11.6 Å². The van der Waals surface area contributed by atoms with E-state index in [1.807, 2.05) is 19.2 Å². The summed E-state index contributed by atoms with van der Waals surface area (Å²) in [6.45, 7) is 3.00. The fourth-order valence-corrected chi connectivity index (χ4v) is 2.94. The van der Waals surface area contributed by atoms with E-state index in [0.717, 1.165) is 17.5 Å². The highest BCUT2D eigenvalue weighted by Gasteiger charge is 2.12. The summed E-state index contributed by atoms with van der Waals surface area (Å²) in [5, 5.41) is 3.12. The molecule has 0 radical (unpaired) electrons. The van der Waals surface area contributed by atoms with Gasteiger partial charge in [0.25, 0.3) is 0 Å². The van der Waals surface area contributed by atoms with E-state index in [1.165, 1.54) is 17.0 Å². The Morgan fingerprint density at radius 2 is 2.00 bits per heavy atom. The summed E-state index contributed by atoms with van der Waals surface area (Å²) in [7, 11) is 1.91. The third kappa shape index (κ3) is 2.76. The Morgan fingerprint density at radius 1 is 1.22 bits per heavy atom. The van der Waals surface area contributed by atoms with Crippen LogP contribution in [0.5, 0.6) is 0 Å². The molecular formula is C14H15F2NS. The first-order chi connectivity index (χ1) is 8.61. The predicted molar refractivity (Wildman–Crippen MR) is 72.0 cm³/mol. The smallest absolute Gasteiger partial charge is 0.134 e. The zero-order valence-corrected chi connectivity index (χ0v) is 11.2. The van der Waals surface area contributed by atoms with Crippen LogP contribution in [0.4, 0.5) is 8.78 Å². The molecule has 4 heteroatoms. The van der Waals surface area contributed by atoms with Crippen LogP contribution < -0.4 is 5.32 Å². The van der Waals surface area contributed by atoms with Crippen molar-refractivity contribution in [3.63, 3.8) is 0 Å². The summed E-state index contributed by atoms with van der Waals surface area (Å²) >= 11 is 1.55. The molecule has 1 unspecified atom stereocenters. The second kappa shape index (κ2) is 5.59. The van der Waals surface area contributed by atoms with Gasteiger partial charge < -0.3 is 5.32 Å². The second-order valence-corrected chi connectivity index (χ2v) is 5.40. The first-order valence-electron chi connectivity index (χ1n) is 5.81. The van der Waals surface area contributed by atoms with Crippen molar-refractivity contribution in [3.05, 3.63) is 46.8 Å². The van der Waals surface area contributed by atoms with Gasteiger partial charge in [-0.3, -0.25) is 0 Å². The zero-order chi connectivity index (χ0) is 13.1. The molecule has 0 aliphatic carbocycles. The Morgan fingerprint density at radius 3 is 2.67 bits per heavy atom. The van der Waals surface area contributed by atoms with Gasteiger partial charge in [0, 0.05) is 33.8 Å². The van der Waals surface area contributed by atoms with Crippen LogP contribution in [0.2, 0.25) is 0 Å². The number of rotatable bonds is 4. The van der Waals surface area contributed by atoms with Gasteiger partial charge in [-0.2, -0.15) is 0 Å². The topological polar surface area (TPSA) is 12.0 Å². The Balaban J connectivity index is 2.29. The molecule has 0 aliphatic heterocycles. The van der Waals surface area contributed by atoms with Crippen LogP contribution in [-0.2, 0) is 0 Å². The van der Waals surface area contributed by atoms with Crippen molar-refractivity contribution in [3.8, 4) is 10.4 Å². The SMILES string of the molecule is CNCC(C)c1ccc(-c2ccc(F)cc2F)s1. The Hall–Kier alpha value is -1.26. The van der Waals surface area contributed by atoms with Crippen LogP contribution in [0.15, 0.2) is 30.3 Å². The summed E-state index contributed by atoms with van der Waals surface area (Å²) in [5.74, 6) is -0.668. The Labute approximate surface area is 109 Å². The van der Waals surface area contributed by atoms with E-state index in [4.69, 9.17) is 0 Å². The molecule has 1 aromatic heterocycles. The maximum atomic E-state index is 13.6. The number of benzene rings is 1. The van der Waals surface area contributed by atoms with Gasteiger partial charge in [-0.15, -0.1) is 11.3 Å². The van der Waals surface area contributed by atoms with Gasteiger partial charge in [-0.1, -0.05) is 6.92 Å². The third-order valence-electron chi connectivity index (χ3n) is 2.82. The van der Waals surface area contributed by atoms with Crippen LogP contribution >= 0.6 is 11.3 Å². The Kier molecular flexibility index (Phi) is 4.09. The van der Waals surface area contributed by atoms with E-state index in [-0.39, 0.29) is 0 Å². The summed E-state index contributed by atoms with van der Waals surface area (Å²) in [5.41, 5.74) is 0.462. The van der Waals surface area contributed by atoms with E-state index < -0.39 is 11.6 Å². The molecule has 0 spiro atoms. The van der Waals surface area contributed by atoms with Crippen molar-refractivity contribution in [2.24, 2.45) is 0 Å². The second-order valence-electron chi connectivity index (χ2n) is 4.28. The molecule has 1 heterocycles. The number of hydrogen-bond donors (Lipinski definition) is 1. The van der Waals surface area contributed by atoms with Crippen LogP contribution in [0.25, 0.3) is 10.4 Å². The van der Waals surface area contributed by atoms with Gasteiger partial charge in [0.05, 0.1) is 0 Å². The summed E-state index contributed by atoms with van der Waals surface area (Å²) < 4.78 is 26.5. The minimum Gasteiger partial charge on any atom is -0.319 e. The lowest BCUT2D eigenvalue weighted by Gasteiger charge is -2.07. The molecule has 1 nitrogen and oxygen atoms in total. The number of likely N-dealkylation sites (N-methyl/N-ethyl adjacent to an activating group) is 1. The zero-order valence-electron chi connectivity index (χ0n) is 10.3. The van der Waals surface area contributed by atoms with E-state index in [9.17, 15) is 8.78 Å². The highest BCUT2D eigenvalue weighted by atomic mass is 32.1. The van der Waals surface area contributed by atoms with Crippen molar-refractivity contribution in [1.29, 1.82) is 0 Å². The fraction of sp³-hybridized carbons (Fsp3) is 0.286. The maximum Gasteiger partial charge on any atom is 0.134 e.